The first-order chi connectivity index (χ1) is 13.3. The minimum absolute atomic E-state index is 0.0777. The quantitative estimate of drug-likeness (QED) is 0.463. The Morgan fingerprint density at radius 2 is 1.52 bits per heavy atom. The number of nitrogens with zero attached hydrogens (tertiary/aromatic N) is 1. The fourth-order valence-electron chi connectivity index (χ4n) is 7.05. The van der Waals surface area contributed by atoms with E-state index in [1.807, 2.05) is 12.3 Å². The molecule has 4 saturated carbocycles. The SMILES string of the molecule is C1=CC2(Oc3c1c1ncccc1c1ccccc31)C1CC3CC(C1)CC2C3. The summed E-state index contributed by atoms with van der Waals surface area (Å²) in [5.41, 5.74) is 2.16. The topological polar surface area (TPSA) is 22.1 Å². The predicted molar refractivity (Wildman–Crippen MR) is 109 cm³/mol. The molecule has 27 heavy (non-hydrogen) atoms. The first kappa shape index (κ1) is 14.7. The van der Waals surface area contributed by atoms with Crippen molar-refractivity contribution in [2.24, 2.45) is 23.7 Å². The zero-order chi connectivity index (χ0) is 17.6. The molecular formula is C25H23NO. The van der Waals surface area contributed by atoms with Crippen LogP contribution < -0.4 is 4.74 Å². The summed E-state index contributed by atoms with van der Waals surface area (Å²) in [5, 5.41) is 3.72. The van der Waals surface area contributed by atoms with Gasteiger partial charge in [0.15, 0.2) is 0 Å². The second kappa shape index (κ2) is 4.92. The molecule has 0 unspecified atom stereocenters. The highest BCUT2D eigenvalue weighted by Crippen LogP contribution is 2.61. The molecule has 134 valence electrons. The van der Waals surface area contributed by atoms with Crippen LogP contribution in [-0.2, 0) is 0 Å². The van der Waals surface area contributed by atoms with E-state index < -0.39 is 0 Å². The summed E-state index contributed by atoms with van der Waals surface area (Å²) in [7, 11) is 0. The molecule has 4 aliphatic carbocycles. The highest BCUT2D eigenvalue weighted by Gasteiger charge is 2.58. The molecule has 2 heterocycles. The van der Waals surface area contributed by atoms with Gasteiger partial charge in [-0.2, -0.15) is 0 Å². The van der Waals surface area contributed by atoms with Crippen LogP contribution in [0.25, 0.3) is 27.8 Å². The molecule has 0 N–H and O–H groups in total. The summed E-state index contributed by atoms with van der Waals surface area (Å²) in [6.07, 6.45) is 13.6. The normalized spacial score (nSPS) is 35.7. The van der Waals surface area contributed by atoms with Gasteiger partial charge in [-0.15, -0.1) is 0 Å². The van der Waals surface area contributed by atoms with Crippen molar-refractivity contribution in [1.29, 1.82) is 0 Å². The van der Waals surface area contributed by atoms with Gasteiger partial charge in [0.2, 0.25) is 0 Å². The zero-order valence-corrected chi connectivity index (χ0v) is 15.4. The molecule has 1 aromatic heterocycles. The predicted octanol–water partition coefficient (Wildman–Crippen LogP) is 5.99. The lowest BCUT2D eigenvalue weighted by atomic mass is 9.49. The average Bonchev–Trinajstić information content (AvgIpc) is 2.72. The smallest absolute Gasteiger partial charge is 0.137 e. The highest BCUT2D eigenvalue weighted by molar-refractivity contribution is 6.13. The monoisotopic (exact) mass is 353 g/mol. The lowest BCUT2D eigenvalue weighted by molar-refractivity contribution is -0.127. The van der Waals surface area contributed by atoms with Crippen LogP contribution in [0.1, 0.15) is 37.7 Å². The Morgan fingerprint density at radius 1 is 0.815 bits per heavy atom. The van der Waals surface area contributed by atoms with Crippen molar-refractivity contribution in [2.75, 3.05) is 0 Å². The van der Waals surface area contributed by atoms with Crippen molar-refractivity contribution in [3.8, 4) is 5.75 Å². The summed E-state index contributed by atoms with van der Waals surface area (Å²) >= 11 is 0. The molecule has 8 rings (SSSR count). The summed E-state index contributed by atoms with van der Waals surface area (Å²) in [4.78, 5) is 4.74. The van der Waals surface area contributed by atoms with Gasteiger partial charge in [-0.1, -0.05) is 30.3 Å². The van der Waals surface area contributed by atoms with Crippen molar-refractivity contribution in [2.45, 2.75) is 37.7 Å². The molecule has 4 bridgehead atoms. The van der Waals surface area contributed by atoms with E-state index in [1.165, 1.54) is 53.8 Å². The minimum Gasteiger partial charge on any atom is -0.481 e. The molecule has 1 spiro atoms. The molecule has 1 aliphatic heterocycles. The van der Waals surface area contributed by atoms with Crippen LogP contribution in [0.15, 0.2) is 48.7 Å². The minimum atomic E-state index is -0.0777. The van der Waals surface area contributed by atoms with Crippen LogP contribution >= 0.6 is 0 Å². The standard InChI is InChI=1S/C25H23NO/c1-2-5-21-19(4-1)20-6-3-9-26-23(20)22-7-8-25(27-24(21)22)17-11-15-10-16(13-17)14-18(25)12-15/h1-9,15-18H,10-14H2. The number of rotatable bonds is 0. The Labute approximate surface area is 159 Å². The maximum absolute atomic E-state index is 7.09. The summed E-state index contributed by atoms with van der Waals surface area (Å²) in [5.74, 6) is 4.36. The maximum Gasteiger partial charge on any atom is 0.137 e. The van der Waals surface area contributed by atoms with E-state index in [0.717, 1.165) is 23.1 Å². The number of ether oxygens (including phenoxy) is 1. The fourth-order valence-corrected chi connectivity index (χ4v) is 7.05. The van der Waals surface area contributed by atoms with Gasteiger partial charge in [-0.25, -0.2) is 0 Å². The van der Waals surface area contributed by atoms with Gasteiger partial charge in [-0.3, -0.25) is 4.98 Å². The Hall–Kier alpha value is -2.35. The molecule has 4 fully saturated rings. The lowest BCUT2D eigenvalue weighted by Crippen LogP contribution is -2.60. The summed E-state index contributed by atoms with van der Waals surface area (Å²) in [6, 6.07) is 12.9. The Morgan fingerprint density at radius 3 is 2.30 bits per heavy atom. The van der Waals surface area contributed by atoms with Crippen LogP contribution in [0.3, 0.4) is 0 Å². The Balaban J connectivity index is 1.49. The summed E-state index contributed by atoms with van der Waals surface area (Å²) in [6.45, 7) is 0. The van der Waals surface area contributed by atoms with E-state index in [1.54, 1.807) is 0 Å². The molecule has 5 aliphatic rings. The number of hydrogen-bond donors (Lipinski definition) is 0. The van der Waals surface area contributed by atoms with E-state index in [0.29, 0.717) is 11.8 Å². The van der Waals surface area contributed by atoms with Gasteiger partial charge >= 0.3 is 0 Å². The third kappa shape index (κ3) is 1.79. The molecule has 2 heteroatoms. The van der Waals surface area contributed by atoms with Crippen LogP contribution in [-0.4, -0.2) is 10.6 Å². The van der Waals surface area contributed by atoms with E-state index >= 15 is 0 Å². The van der Waals surface area contributed by atoms with E-state index in [4.69, 9.17) is 9.72 Å². The van der Waals surface area contributed by atoms with Gasteiger partial charge < -0.3 is 4.74 Å². The van der Waals surface area contributed by atoms with E-state index in [-0.39, 0.29) is 5.60 Å². The third-order valence-electron chi connectivity index (χ3n) is 7.97. The summed E-state index contributed by atoms with van der Waals surface area (Å²) < 4.78 is 7.09. The van der Waals surface area contributed by atoms with Gasteiger partial charge in [0.05, 0.1) is 5.52 Å². The molecule has 2 aromatic carbocycles. The number of hydrogen-bond acceptors (Lipinski definition) is 2. The van der Waals surface area contributed by atoms with Gasteiger partial charge in [0.1, 0.15) is 11.4 Å². The van der Waals surface area contributed by atoms with Gasteiger partial charge in [-0.05, 0) is 67.5 Å². The first-order valence-electron chi connectivity index (χ1n) is 10.5. The van der Waals surface area contributed by atoms with Crippen molar-refractivity contribution in [3.63, 3.8) is 0 Å². The molecule has 2 nitrogen and oxygen atoms in total. The number of aromatic nitrogens is 1. The molecule has 0 radical (unpaired) electrons. The van der Waals surface area contributed by atoms with E-state index in [2.05, 4.69) is 42.5 Å². The molecule has 0 atom stereocenters. The third-order valence-corrected chi connectivity index (χ3v) is 7.97. The van der Waals surface area contributed by atoms with Crippen LogP contribution in [0.4, 0.5) is 0 Å². The first-order valence-corrected chi connectivity index (χ1v) is 10.5. The lowest BCUT2D eigenvalue weighted by Gasteiger charge is -2.60. The average molecular weight is 353 g/mol. The van der Waals surface area contributed by atoms with Crippen molar-refractivity contribution < 1.29 is 4.74 Å². The number of benzene rings is 2. The van der Waals surface area contributed by atoms with Gasteiger partial charge in [0.25, 0.3) is 0 Å². The molecule has 0 amide bonds. The van der Waals surface area contributed by atoms with Crippen LogP contribution in [0.2, 0.25) is 0 Å². The second-order valence-corrected chi connectivity index (χ2v) is 9.28. The maximum atomic E-state index is 7.09. The Bertz CT molecular complexity index is 1100. The van der Waals surface area contributed by atoms with Crippen molar-refractivity contribution in [3.05, 3.63) is 54.2 Å². The highest BCUT2D eigenvalue weighted by atomic mass is 16.5. The van der Waals surface area contributed by atoms with Crippen LogP contribution in [0, 0.1) is 23.7 Å². The van der Waals surface area contributed by atoms with E-state index in [9.17, 15) is 0 Å². The number of pyridine rings is 1. The van der Waals surface area contributed by atoms with Crippen molar-refractivity contribution in [1.82, 2.24) is 4.98 Å². The fraction of sp³-hybridized carbons (Fsp3) is 0.400. The zero-order valence-electron chi connectivity index (χ0n) is 15.4. The largest absolute Gasteiger partial charge is 0.481 e. The molecule has 3 aromatic rings. The molecule has 0 saturated heterocycles. The number of fused-ring (bicyclic) bond motifs is 6. The second-order valence-electron chi connectivity index (χ2n) is 9.28. The Kier molecular flexibility index (Phi) is 2.68. The van der Waals surface area contributed by atoms with Crippen LogP contribution in [0.5, 0.6) is 5.75 Å². The molecular weight excluding hydrogens is 330 g/mol. The van der Waals surface area contributed by atoms with Crippen molar-refractivity contribution >= 4 is 27.8 Å². The van der Waals surface area contributed by atoms with Gasteiger partial charge in [0, 0.05) is 34.4 Å².